The van der Waals surface area contributed by atoms with Crippen molar-refractivity contribution in [1.29, 1.82) is 0 Å². The lowest BCUT2D eigenvalue weighted by Crippen LogP contribution is -2.37. The van der Waals surface area contributed by atoms with Gasteiger partial charge in [-0.05, 0) is 48.7 Å². The molecular weight excluding hydrogens is 324 g/mol. The van der Waals surface area contributed by atoms with E-state index in [-0.39, 0.29) is 18.4 Å². The van der Waals surface area contributed by atoms with Gasteiger partial charge < -0.3 is 10.2 Å². The van der Waals surface area contributed by atoms with E-state index >= 15 is 0 Å². The van der Waals surface area contributed by atoms with Gasteiger partial charge in [0.15, 0.2) is 0 Å². The first-order valence-electron chi connectivity index (χ1n) is 7.83. The highest BCUT2D eigenvalue weighted by Gasteiger charge is 2.18. The average Bonchev–Trinajstić information content (AvgIpc) is 2.55. The topological polar surface area (TPSA) is 49.4 Å². The highest BCUT2D eigenvalue weighted by atomic mass is 35.5. The van der Waals surface area contributed by atoms with Gasteiger partial charge in [0, 0.05) is 23.3 Å². The van der Waals surface area contributed by atoms with Crippen molar-refractivity contribution < 1.29 is 9.59 Å². The van der Waals surface area contributed by atoms with Crippen molar-refractivity contribution in [3.8, 4) is 0 Å². The molecule has 2 aromatic carbocycles. The van der Waals surface area contributed by atoms with Crippen LogP contribution in [0.2, 0.25) is 5.02 Å². The van der Waals surface area contributed by atoms with Crippen molar-refractivity contribution in [2.45, 2.75) is 27.2 Å². The minimum absolute atomic E-state index is 0.0634. The van der Waals surface area contributed by atoms with Crippen LogP contribution in [-0.4, -0.2) is 18.4 Å². The molecule has 4 nitrogen and oxygen atoms in total. The molecule has 0 saturated carbocycles. The summed E-state index contributed by atoms with van der Waals surface area (Å²) < 4.78 is 0. The number of rotatable bonds is 5. The van der Waals surface area contributed by atoms with E-state index < -0.39 is 0 Å². The number of nitrogens with one attached hydrogen (secondary N) is 1. The van der Waals surface area contributed by atoms with Gasteiger partial charge >= 0.3 is 0 Å². The van der Waals surface area contributed by atoms with Gasteiger partial charge in [-0.2, -0.15) is 0 Å². The van der Waals surface area contributed by atoms with E-state index in [1.165, 1.54) is 17.4 Å². The second-order valence-electron chi connectivity index (χ2n) is 5.63. The third-order valence-electron chi connectivity index (χ3n) is 3.79. The standard InChI is InChI=1S/C19H21ClN2O2/c1-4-15-6-9-17(10-7-15)21-19(24)12-22(14(3)23)18-11-16(20)8-5-13(18)2/h5-11H,4,12H2,1-3H3,(H,21,24). The molecule has 0 saturated heterocycles. The van der Waals surface area contributed by atoms with Crippen LogP contribution in [0.15, 0.2) is 42.5 Å². The van der Waals surface area contributed by atoms with Crippen LogP contribution in [0.5, 0.6) is 0 Å². The Morgan fingerprint density at radius 1 is 1.12 bits per heavy atom. The molecule has 5 heteroatoms. The number of hydrogen-bond donors (Lipinski definition) is 1. The molecule has 0 heterocycles. The minimum atomic E-state index is -0.256. The van der Waals surface area contributed by atoms with E-state index in [9.17, 15) is 9.59 Å². The van der Waals surface area contributed by atoms with Crippen molar-refractivity contribution in [3.63, 3.8) is 0 Å². The lowest BCUT2D eigenvalue weighted by molar-refractivity contribution is -0.120. The van der Waals surface area contributed by atoms with Crippen LogP contribution in [0.1, 0.15) is 25.0 Å². The Labute approximate surface area is 147 Å². The van der Waals surface area contributed by atoms with E-state index in [0.717, 1.165) is 12.0 Å². The van der Waals surface area contributed by atoms with Crippen molar-refractivity contribution in [3.05, 3.63) is 58.6 Å². The number of aryl methyl sites for hydroxylation is 2. The molecule has 0 fully saturated rings. The molecular formula is C19H21ClN2O2. The molecule has 2 amide bonds. The first kappa shape index (κ1) is 18.0. The number of anilines is 2. The number of carbonyl (C=O) groups is 2. The first-order chi connectivity index (χ1) is 11.4. The molecule has 0 atom stereocenters. The van der Waals surface area contributed by atoms with Crippen molar-refractivity contribution >= 4 is 34.8 Å². The SMILES string of the molecule is CCc1ccc(NC(=O)CN(C(C)=O)c2cc(Cl)ccc2C)cc1. The second kappa shape index (κ2) is 7.97. The Morgan fingerprint density at radius 2 is 1.79 bits per heavy atom. The fraction of sp³-hybridized carbons (Fsp3) is 0.263. The molecule has 1 N–H and O–H groups in total. The smallest absolute Gasteiger partial charge is 0.244 e. The van der Waals surface area contributed by atoms with E-state index in [4.69, 9.17) is 11.6 Å². The molecule has 0 bridgehead atoms. The Hall–Kier alpha value is -2.33. The van der Waals surface area contributed by atoms with Crippen LogP contribution in [0.25, 0.3) is 0 Å². The van der Waals surface area contributed by atoms with E-state index in [1.54, 1.807) is 12.1 Å². The predicted molar refractivity (Wildman–Crippen MR) is 98.7 cm³/mol. The van der Waals surface area contributed by atoms with E-state index in [1.807, 2.05) is 37.3 Å². The number of benzene rings is 2. The molecule has 24 heavy (non-hydrogen) atoms. The minimum Gasteiger partial charge on any atom is -0.325 e. The molecule has 126 valence electrons. The van der Waals surface area contributed by atoms with Gasteiger partial charge in [0.1, 0.15) is 6.54 Å². The molecule has 0 aliphatic heterocycles. The monoisotopic (exact) mass is 344 g/mol. The lowest BCUT2D eigenvalue weighted by Gasteiger charge is -2.23. The van der Waals surface area contributed by atoms with Crippen molar-refractivity contribution in [2.24, 2.45) is 0 Å². The maximum absolute atomic E-state index is 12.3. The third-order valence-corrected chi connectivity index (χ3v) is 4.02. The van der Waals surface area contributed by atoms with Gasteiger partial charge in [-0.25, -0.2) is 0 Å². The zero-order chi connectivity index (χ0) is 17.7. The number of nitrogens with zero attached hydrogens (tertiary/aromatic N) is 1. The maximum atomic E-state index is 12.3. The molecule has 0 aliphatic rings. The third kappa shape index (κ3) is 4.59. The number of halogens is 1. The van der Waals surface area contributed by atoms with Crippen LogP contribution in [0, 0.1) is 6.92 Å². The summed E-state index contributed by atoms with van der Waals surface area (Å²) in [6, 6.07) is 12.9. The Kier molecular flexibility index (Phi) is 5.99. The van der Waals surface area contributed by atoms with Crippen molar-refractivity contribution in [2.75, 3.05) is 16.8 Å². The molecule has 0 spiro atoms. The summed E-state index contributed by atoms with van der Waals surface area (Å²) in [4.78, 5) is 25.7. The summed E-state index contributed by atoms with van der Waals surface area (Å²) in [6.07, 6.45) is 0.945. The van der Waals surface area contributed by atoms with Crippen LogP contribution < -0.4 is 10.2 Å². The summed E-state index contributed by atoms with van der Waals surface area (Å²) in [5, 5.41) is 3.34. The number of hydrogen-bond acceptors (Lipinski definition) is 2. The van der Waals surface area contributed by atoms with Gasteiger partial charge in [-0.1, -0.05) is 36.7 Å². The molecule has 0 radical (unpaired) electrons. The Balaban J connectivity index is 2.13. The van der Waals surface area contributed by atoms with Gasteiger partial charge in [0.2, 0.25) is 11.8 Å². The average molecular weight is 345 g/mol. The highest BCUT2D eigenvalue weighted by Crippen LogP contribution is 2.24. The maximum Gasteiger partial charge on any atom is 0.244 e. The van der Waals surface area contributed by atoms with Crippen LogP contribution in [0.3, 0.4) is 0 Å². The van der Waals surface area contributed by atoms with Gasteiger partial charge in [0.05, 0.1) is 0 Å². The van der Waals surface area contributed by atoms with Gasteiger partial charge in [-0.3, -0.25) is 9.59 Å². The summed E-state index contributed by atoms with van der Waals surface area (Å²) in [5.41, 5.74) is 3.44. The van der Waals surface area contributed by atoms with Gasteiger partial charge in [-0.15, -0.1) is 0 Å². The second-order valence-corrected chi connectivity index (χ2v) is 6.07. The van der Waals surface area contributed by atoms with E-state index in [0.29, 0.717) is 16.4 Å². The molecule has 2 aromatic rings. The lowest BCUT2D eigenvalue weighted by atomic mass is 10.1. The Morgan fingerprint density at radius 3 is 2.38 bits per heavy atom. The summed E-state index contributed by atoms with van der Waals surface area (Å²) >= 11 is 6.02. The van der Waals surface area contributed by atoms with E-state index in [2.05, 4.69) is 12.2 Å². The summed E-state index contributed by atoms with van der Waals surface area (Å²) in [6.45, 7) is 5.32. The zero-order valence-corrected chi connectivity index (χ0v) is 14.9. The predicted octanol–water partition coefficient (Wildman–Crippen LogP) is 4.20. The number of carbonyl (C=O) groups excluding carboxylic acids is 2. The first-order valence-corrected chi connectivity index (χ1v) is 8.21. The molecule has 2 rings (SSSR count). The van der Waals surface area contributed by atoms with Crippen molar-refractivity contribution in [1.82, 2.24) is 0 Å². The Bertz CT molecular complexity index is 742. The van der Waals surface area contributed by atoms with Gasteiger partial charge in [0.25, 0.3) is 0 Å². The highest BCUT2D eigenvalue weighted by molar-refractivity contribution is 6.31. The number of amides is 2. The summed E-state index contributed by atoms with van der Waals surface area (Å²) in [5.74, 6) is -0.467. The molecule has 0 unspecified atom stereocenters. The van der Waals surface area contributed by atoms with Crippen LogP contribution in [-0.2, 0) is 16.0 Å². The quantitative estimate of drug-likeness (QED) is 0.883. The molecule has 0 aliphatic carbocycles. The van der Waals surface area contributed by atoms with Crippen LogP contribution >= 0.6 is 11.6 Å². The van der Waals surface area contributed by atoms with Crippen LogP contribution in [0.4, 0.5) is 11.4 Å². The molecule has 0 aromatic heterocycles. The normalized spacial score (nSPS) is 10.3. The summed E-state index contributed by atoms with van der Waals surface area (Å²) in [7, 11) is 0. The largest absolute Gasteiger partial charge is 0.325 e. The fourth-order valence-electron chi connectivity index (χ4n) is 2.41. The fourth-order valence-corrected chi connectivity index (χ4v) is 2.57. The zero-order valence-electron chi connectivity index (χ0n) is 14.1.